The molecule has 0 saturated heterocycles. The van der Waals surface area contributed by atoms with E-state index in [4.69, 9.17) is 4.55 Å². The third-order valence-electron chi connectivity index (χ3n) is 1.28. The normalized spacial score (nSPS) is 15.2. The van der Waals surface area contributed by atoms with Crippen molar-refractivity contribution in [3.05, 3.63) is 0 Å². The third kappa shape index (κ3) is 7.56. The van der Waals surface area contributed by atoms with E-state index in [-0.39, 0.29) is 11.7 Å². The lowest BCUT2D eigenvalue weighted by Gasteiger charge is -2.03. The van der Waals surface area contributed by atoms with Gasteiger partial charge in [-0.25, -0.2) is 4.21 Å². The SMILES string of the molecule is C=S(=O)(O)CCCNC(=O)CC. The van der Waals surface area contributed by atoms with Crippen LogP contribution >= 0.6 is 0 Å². The molecule has 0 rings (SSSR count). The summed E-state index contributed by atoms with van der Waals surface area (Å²) in [5.74, 6) is 3.18. The van der Waals surface area contributed by atoms with Crippen LogP contribution in [-0.4, -0.2) is 32.8 Å². The van der Waals surface area contributed by atoms with E-state index in [0.717, 1.165) is 0 Å². The van der Waals surface area contributed by atoms with Gasteiger partial charge in [-0.1, -0.05) is 6.92 Å². The molecule has 0 aliphatic heterocycles. The minimum absolute atomic E-state index is 0.0384. The Morgan fingerprint density at radius 2 is 2.25 bits per heavy atom. The highest BCUT2D eigenvalue weighted by atomic mass is 32.2. The lowest BCUT2D eigenvalue weighted by atomic mass is 10.4. The maximum absolute atomic E-state index is 10.7. The highest BCUT2D eigenvalue weighted by molar-refractivity contribution is 7.95. The van der Waals surface area contributed by atoms with Gasteiger partial charge in [-0.05, 0) is 12.3 Å². The molecule has 0 heterocycles. The first-order valence-corrected chi connectivity index (χ1v) is 5.65. The van der Waals surface area contributed by atoms with Crippen LogP contribution in [0, 0.1) is 0 Å². The van der Waals surface area contributed by atoms with Crippen LogP contribution in [0.25, 0.3) is 0 Å². The predicted molar refractivity (Wildman–Crippen MR) is 50.7 cm³/mol. The minimum Gasteiger partial charge on any atom is -0.356 e. The zero-order valence-electron chi connectivity index (χ0n) is 7.21. The highest BCUT2D eigenvalue weighted by Gasteiger charge is 1.98. The fraction of sp³-hybridized carbons (Fsp3) is 0.714. The Labute approximate surface area is 73.2 Å². The zero-order valence-corrected chi connectivity index (χ0v) is 8.02. The summed E-state index contributed by atoms with van der Waals surface area (Å²) in [6.45, 7) is 2.20. The summed E-state index contributed by atoms with van der Waals surface area (Å²) in [7, 11) is -2.88. The van der Waals surface area contributed by atoms with Crippen molar-refractivity contribution < 1.29 is 13.6 Å². The van der Waals surface area contributed by atoms with E-state index in [1.165, 1.54) is 0 Å². The Morgan fingerprint density at radius 1 is 1.67 bits per heavy atom. The molecule has 0 fully saturated rings. The Morgan fingerprint density at radius 3 is 2.67 bits per heavy atom. The van der Waals surface area contributed by atoms with Gasteiger partial charge in [0.05, 0.1) is 9.80 Å². The Kier molecular flexibility index (Phi) is 4.92. The Bertz CT molecular complexity index is 233. The standard InChI is InChI=1S/C7H15NO3S/c1-3-7(9)8-5-4-6-12(2,10)11/h2-6H2,1H3,(H,8,9)(H,10,11). The molecule has 0 aromatic heterocycles. The first-order chi connectivity index (χ1) is 5.45. The van der Waals surface area contributed by atoms with Crippen molar-refractivity contribution in [3.63, 3.8) is 0 Å². The predicted octanol–water partition coefficient (Wildman–Crippen LogP) is 0.0921. The van der Waals surface area contributed by atoms with E-state index in [9.17, 15) is 9.00 Å². The molecule has 0 aromatic rings. The molecular weight excluding hydrogens is 178 g/mol. The number of amides is 1. The van der Waals surface area contributed by atoms with Gasteiger partial charge in [0.15, 0.2) is 0 Å². The molecule has 72 valence electrons. The van der Waals surface area contributed by atoms with Crippen LogP contribution in [0.4, 0.5) is 0 Å². The number of carbonyl (C=O) groups is 1. The summed E-state index contributed by atoms with van der Waals surface area (Å²) in [5.41, 5.74) is 0. The van der Waals surface area contributed by atoms with Gasteiger partial charge >= 0.3 is 0 Å². The lowest BCUT2D eigenvalue weighted by molar-refractivity contribution is -0.120. The number of nitrogens with one attached hydrogen (secondary N) is 1. The fourth-order valence-corrected chi connectivity index (χ4v) is 1.25. The van der Waals surface area contributed by atoms with Crippen molar-refractivity contribution in [3.8, 4) is 0 Å². The monoisotopic (exact) mass is 193 g/mol. The molecule has 0 spiro atoms. The van der Waals surface area contributed by atoms with Gasteiger partial charge in [0, 0.05) is 18.7 Å². The molecule has 0 radical (unpaired) electrons. The molecule has 5 heteroatoms. The molecule has 12 heavy (non-hydrogen) atoms. The summed E-state index contributed by atoms with van der Waals surface area (Å²) in [4.78, 5) is 10.7. The second-order valence-electron chi connectivity index (χ2n) is 2.53. The quantitative estimate of drug-likeness (QED) is 0.480. The number of hydrogen-bond donors (Lipinski definition) is 2. The molecule has 0 bridgehead atoms. The van der Waals surface area contributed by atoms with E-state index < -0.39 is 9.80 Å². The smallest absolute Gasteiger partial charge is 0.219 e. The molecule has 4 nitrogen and oxygen atoms in total. The molecule has 0 aromatic carbocycles. The number of carbonyl (C=O) groups excluding carboxylic acids is 1. The average Bonchev–Trinajstić information content (AvgIpc) is 1.96. The third-order valence-corrected chi connectivity index (χ3v) is 2.21. The fourth-order valence-electron chi connectivity index (χ4n) is 0.651. The van der Waals surface area contributed by atoms with Gasteiger partial charge in [0.2, 0.25) is 5.91 Å². The van der Waals surface area contributed by atoms with Crippen molar-refractivity contribution in [1.29, 1.82) is 0 Å². The van der Waals surface area contributed by atoms with Crippen molar-refractivity contribution in [2.75, 3.05) is 12.3 Å². The van der Waals surface area contributed by atoms with E-state index in [1.807, 2.05) is 0 Å². The molecule has 1 atom stereocenters. The number of rotatable bonds is 5. The van der Waals surface area contributed by atoms with Crippen LogP contribution in [0.3, 0.4) is 0 Å². The summed E-state index contributed by atoms with van der Waals surface area (Å²) < 4.78 is 19.4. The van der Waals surface area contributed by atoms with E-state index >= 15 is 0 Å². The van der Waals surface area contributed by atoms with E-state index in [1.54, 1.807) is 6.92 Å². The second-order valence-corrected chi connectivity index (χ2v) is 4.49. The van der Waals surface area contributed by atoms with E-state index in [2.05, 4.69) is 11.2 Å². The van der Waals surface area contributed by atoms with Crippen LogP contribution in [0.15, 0.2) is 0 Å². The van der Waals surface area contributed by atoms with Gasteiger partial charge in [-0.2, -0.15) is 0 Å². The molecule has 0 saturated carbocycles. The molecule has 1 amide bonds. The van der Waals surface area contributed by atoms with Gasteiger partial charge in [-0.15, -0.1) is 0 Å². The minimum atomic E-state index is -2.88. The summed E-state index contributed by atoms with van der Waals surface area (Å²) in [6.07, 6.45) is 0.934. The highest BCUT2D eigenvalue weighted by Crippen LogP contribution is 1.86. The lowest BCUT2D eigenvalue weighted by Crippen LogP contribution is -2.24. The van der Waals surface area contributed by atoms with Crippen LogP contribution < -0.4 is 5.32 Å². The first-order valence-electron chi connectivity index (χ1n) is 3.79. The van der Waals surface area contributed by atoms with Gasteiger partial charge in [0.25, 0.3) is 0 Å². The maximum atomic E-state index is 10.7. The van der Waals surface area contributed by atoms with Gasteiger partial charge < -0.3 is 9.87 Å². The van der Waals surface area contributed by atoms with Crippen LogP contribution in [-0.2, 0) is 14.6 Å². The van der Waals surface area contributed by atoms with Crippen molar-refractivity contribution in [2.45, 2.75) is 19.8 Å². The Hall–Kier alpha value is -0.550. The largest absolute Gasteiger partial charge is 0.356 e. The molecule has 0 aliphatic carbocycles. The molecule has 1 unspecified atom stereocenters. The zero-order chi connectivity index (χ0) is 9.61. The second kappa shape index (κ2) is 5.16. The number of hydrogen-bond acceptors (Lipinski definition) is 2. The molecular formula is C7H15NO3S. The van der Waals surface area contributed by atoms with Gasteiger partial charge in [-0.3, -0.25) is 4.79 Å². The van der Waals surface area contributed by atoms with Gasteiger partial charge in [0.1, 0.15) is 0 Å². The van der Waals surface area contributed by atoms with E-state index in [0.29, 0.717) is 19.4 Å². The van der Waals surface area contributed by atoms with Crippen molar-refractivity contribution in [1.82, 2.24) is 5.32 Å². The van der Waals surface area contributed by atoms with Crippen molar-refractivity contribution in [2.24, 2.45) is 0 Å². The average molecular weight is 193 g/mol. The van der Waals surface area contributed by atoms with Crippen molar-refractivity contribution >= 4 is 21.6 Å². The van der Waals surface area contributed by atoms with Crippen LogP contribution in [0.2, 0.25) is 0 Å². The summed E-state index contributed by atoms with van der Waals surface area (Å²) in [6, 6.07) is 0. The molecule has 2 N–H and O–H groups in total. The first kappa shape index (κ1) is 11.4. The summed E-state index contributed by atoms with van der Waals surface area (Å²) in [5, 5.41) is 2.60. The Balaban J connectivity index is 3.40. The maximum Gasteiger partial charge on any atom is 0.219 e. The van der Waals surface area contributed by atoms with Crippen LogP contribution in [0.5, 0.6) is 0 Å². The topological polar surface area (TPSA) is 66.4 Å². The molecule has 0 aliphatic rings. The van der Waals surface area contributed by atoms with Crippen LogP contribution in [0.1, 0.15) is 19.8 Å². The summed E-state index contributed by atoms with van der Waals surface area (Å²) >= 11 is 0.